The molecular formula is C41H45ClN6O5S2. The maximum absolute atomic E-state index is 12.4. The minimum atomic E-state index is -0.901. The number of esters is 1. The van der Waals surface area contributed by atoms with Gasteiger partial charge in [-0.2, -0.15) is 10.5 Å². The van der Waals surface area contributed by atoms with E-state index in [1.54, 1.807) is 44.2 Å². The van der Waals surface area contributed by atoms with Crippen LogP contribution in [-0.4, -0.2) is 60.0 Å². The van der Waals surface area contributed by atoms with Crippen molar-refractivity contribution in [1.82, 2.24) is 15.3 Å². The molecule has 1 N–H and O–H groups in total. The number of hydrogen-bond donors (Lipinski definition) is 1. The number of alkyl carbamates (subject to hydrolysis) is 1. The Labute approximate surface area is 336 Å². The fourth-order valence-electron chi connectivity index (χ4n) is 6.07. The number of halogens is 1. The summed E-state index contributed by atoms with van der Waals surface area (Å²) in [7, 11) is 0. The van der Waals surface area contributed by atoms with Gasteiger partial charge in [-0.1, -0.05) is 67.4 Å². The Morgan fingerprint density at radius 2 is 1.76 bits per heavy atom. The van der Waals surface area contributed by atoms with E-state index in [0.717, 1.165) is 55.0 Å². The van der Waals surface area contributed by atoms with Gasteiger partial charge < -0.3 is 24.4 Å². The molecule has 1 amide bonds. The number of thiazole rings is 1. The summed E-state index contributed by atoms with van der Waals surface area (Å²) in [5.74, 6) is 1.49. The van der Waals surface area contributed by atoms with Gasteiger partial charge in [0.25, 0.3) is 0 Å². The van der Waals surface area contributed by atoms with Crippen LogP contribution in [0.25, 0.3) is 21.7 Å². The van der Waals surface area contributed by atoms with Crippen molar-refractivity contribution in [1.29, 1.82) is 10.5 Å². The van der Waals surface area contributed by atoms with Crippen molar-refractivity contribution in [2.45, 2.75) is 82.7 Å². The maximum atomic E-state index is 12.4. The van der Waals surface area contributed by atoms with Gasteiger partial charge >= 0.3 is 12.1 Å². The second-order valence-corrected chi connectivity index (χ2v) is 16.4. The summed E-state index contributed by atoms with van der Waals surface area (Å²) in [4.78, 5) is 36.4. The third-order valence-corrected chi connectivity index (χ3v) is 10.9. The number of nitrogens with zero attached hydrogens (tertiary/aromatic N) is 5. The van der Waals surface area contributed by atoms with E-state index < -0.39 is 23.7 Å². The van der Waals surface area contributed by atoms with Crippen LogP contribution in [0.4, 0.5) is 10.6 Å². The summed E-state index contributed by atoms with van der Waals surface area (Å²) < 4.78 is 16.3. The number of carbonyl (C=O) groups is 2. The topological polar surface area (TPSA) is 150 Å². The molecule has 5 rings (SSSR count). The molecule has 1 unspecified atom stereocenters. The second kappa shape index (κ2) is 19.2. The first-order valence-electron chi connectivity index (χ1n) is 18.2. The highest BCUT2D eigenvalue weighted by atomic mass is 35.5. The number of nitriles is 2. The van der Waals surface area contributed by atoms with E-state index in [1.807, 2.05) is 41.8 Å². The molecule has 2 atom stereocenters. The van der Waals surface area contributed by atoms with Crippen LogP contribution in [0.5, 0.6) is 5.75 Å². The first kappa shape index (κ1) is 41.3. The van der Waals surface area contributed by atoms with Crippen molar-refractivity contribution < 1.29 is 23.8 Å². The number of ether oxygens (including phenoxy) is 3. The third kappa shape index (κ3) is 11.4. The van der Waals surface area contributed by atoms with Crippen LogP contribution in [0.1, 0.15) is 77.1 Å². The van der Waals surface area contributed by atoms with Crippen molar-refractivity contribution in [2.24, 2.45) is 5.92 Å². The Morgan fingerprint density at radius 3 is 2.44 bits per heavy atom. The highest BCUT2D eigenvalue weighted by molar-refractivity contribution is 7.98. The number of rotatable bonds is 15. The first-order chi connectivity index (χ1) is 26.4. The highest BCUT2D eigenvalue weighted by Gasteiger charge is 2.30. The van der Waals surface area contributed by atoms with Gasteiger partial charge in [0, 0.05) is 40.4 Å². The van der Waals surface area contributed by atoms with Crippen molar-refractivity contribution in [3.05, 3.63) is 75.8 Å². The summed E-state index contributed by atoms with van der Waals surface area (Å²) >= 11 is 9.06. The number of hydrogen-bond acceptors (Lipinski definition) is 12. The van der Waals surface area contributed by atoms with E-state index in [9.17, 15) is 20.1 Å². The number of aromatic nitrogens is 2. The summed E-state index contributed by atoms with van der Waals surface area (Å²) in [6, 6.07) is 18.6. The molecule has 0 radical (unpaired) electrons. The summed E-state index contributed by atoms with van der Waals surface area (Å²) in [5, 5.41) is 27.7. The molecule has 0 bridgehead atoms. The van der Waals surface area contributed by atoms with Gasteiger partial charge in [0.1, 0.15) is 64.2 Å². The van der Waals surface area contributed by atoms with Gasteiger partial charge in [-0.25, -0.2) is 19.6 Å². The number of unbranched alkanes of at least 4 members (excludes halogenated alkanes) is 1. The average molecular weight is 801 g/mol. The van der Waals surface area contributed by atoms with Crippen LogP contribution in [0.2, 0.25) is 5.02 Å². The SMILES string of the molecule is CCCCC1CCN(c2nc(SCc3csc(-c4ccc(Cl)cc4)n3)c(C#N)c(-c3ccc(OCCOC(=O)[C@H](C)NC(=O)OC(C)(C)C)cc3)c2C#N)C1. The second-order valence-electron chi connectivity index (χ2n) is 14.2. The largest absolute Gasteiger partial charge is 0.490 e. The van der Waals surface area contributed by atoms with E-state index in [-0.39, 0.29) is 13.2 Å². The Kier molecular flexibility index (Phi) is 14.4. The number of benzene rings is 2. The average Bonchev–Trinajstić information content (AvgIpc) is 3.84. The Bertz CT molecular complexity index is 2040. The fraction of sp³-hybridized carbons (Fsp3) is 0.415. The standard InChI is InChI=1S/C41H45ClN6O5S2/c1-6-7-8-27-17-18-48(23-27)36-33(21-43)35(34(22-44)38(47-36)55-25-31-24-54-37(46-31)29-9-13-30(42)14-10-29)28-11-15-32(16-12-28)51-19-20-52-39(49)26(2)45-40(50)53-41(3,4)5/h9-16,24,26-27H,6-8,17-20,23,25H2,1-5H3,(H,45,50)/t26-,27?/m0/s1. The van der Waals surface area contributed by atoms with E-state index in [0.29, 0.717) is 55.5 Å². The van der Waals surface area contributed by atoms with Crippen molar-refractivity contribution in [3.8, 4) is 39.6 Å². The monoisotopic (exact) mass is 800 g/mol. The van der Waals surface area contributed by atoms with E-state index in [4.69, 9.17) is 35.8 Å². The molecular weight excluding hydrogens is 756 g/mol. The molecule has 4 aromatic rings. The molecule has 2 aromatic carbocycles. The zero-order valence-corrected chi connectivity index (χ0v) is 34.1. The summed E-state index contributed by atoms with van der Waals surface area (Å²) in [6.45, 7) is 10.5. The number of anilines is 1. The number of carbonyl (C=O) groups excluding carboxylic acids is 2. The van der Waals surface area contributed by atoms with Crippen LogP contribution in [0.3, 0.4) is 0 Å². The molecule has 11 nitrogen and oxygen atoms in total. The molecule has 0 saturated carbocycles. The molecule has 1 saturated heterocycles. The predicted octanol–water partition coefficient (Wildman–Crippen LogP) is 9.41. The van der Waals surface area contributed by atoms with Gasteiger partial charge in [0.15, 0.2) is 0 Å². The lowest BCUT2D eigenvalue weighted by Crippen LogP contribution is -2.42. The lowest BCUT2D eigenvalue weighted by molar-refractivity contribution is -0.146. The summed E-state index contributed by atoms with van der Waals surface area (Å²) in [6.07, 6.45) is 3.73. The van der Waals surface area contributed by atoms with Crippen LogP contribution in [0, 0.1) is 28.6 Å². The van der Waals surface area contributed by atoms with Gasteiger partial charge in [-0.15, -0.1) is 11.3 Å². The van der Waals surface area contributed by atoms with Gasteiger partial charge in [0.05, 0.1) is 11.3 Å². The zero-order chi connectivity index (χ0) is 39.5. The molecule has 1 aliphatic heterocycles. The van der Waals surface area contributed by atoms with E-state index in [2.05, 4.69) is 29.3 Å². The number of nitrogens with one attached hydrogen (secondary N) is 1. The molecule has 14 heteroatoms. The number of thioether (sulfide) groups is 1. The van der Waals surface area contributed by atoms with Crippen LogP contribution in [-0.2, 0) is 20.0 Å². The minimum Gasteiger partial charge on any atom is -0.490 e. The lowest BCUT2D eigenvalue weighted by Gasteiger charge is -2.23. The van der Waals surface area contributed by atoms with Crippen LogP contribution >= 0.6 is 34.7 Å². The van der Waals surface area contributed by atoms with Gasteiger partial charge in [0.2, 0.25) is 0 Å². The molecule has 3 heterocycles. The minimum absolute atomic E-state index is 0.0400. The third-order valence-electron chi connectivity index (χ3n) is 8.75. The smallest absolute Gasteiger partial charge is 0.408 e. The highest BCUT2D eigenvalue weighted by Crippen LogP contribution is 2.41. The number of amides is 1. The molecule has 55 heavy (non-hydrogen) atoms. The Hall–Kier alpha value is -4.82. The van der Waals surface area contributed by atoms with Crippen molar-refractivity contribution in [2.75, 3.05) is 31.2 Å². The molecule has 0 aliphatic carbocycles. The zero-order valence-electron chi connectivity index (χ0n) is 31.7. The van der Waals surface area contributed by atoms with Gasteiger partial charge in [-0.05, 0) is 76.3 Å². The van der Waals surface area contributed by atoms with Crippen molar-refractivity contribution >= 4 is 52.6 Å². The Balaban J connectivity index is 1.33. The molecule has 288 valence electrons. The number of pyridine rings is 1. The fourth-order valence-corrected chi connectivity index (χ4v) is 8.00. The Morgan fingerprint density at radius 1 is 1.05 bits per heavy atom. The predicted molar refractivity (Wildman–Crippen MR) is 216 cm³/mol. The lowest BCUT2D eigenvalue weighted by atomic mass is 9.96. The van der Waals surface area contributed by atoms with E-state index >= 15 is 0 Å². The van der Waals surface area contributed by atoms with Crippen LogP contribution in [0.15, 0.2) is 58.9 Å². The van der Waals surface area contributed by atoms with Crippen LogP contribution < -0.4 is 15.0 Å². The molecule has 1 aliphatic rings. The molecule has 1 fully saturated rings. The quantitative estimate of drug-likeness (QED) is 0.0696. The van der Waals surface area contributed by atoms with Gasteiger partial charge in [-0.3, -0.25) is 0 Å². The maximum Gasteiger partial charge on any atom is 0.408 e. The normalized spacial score (nSPS) is 14.5. The molecule has 2 aromatic heterocycles. The molecule has 0 spiro atoms. The first-order valence-corrected chi connectivity index (χ1v) is 20.5. The van der Waals surface area contributed by atoms with E-state index in [1.165, 1.54) is 18.7 Å². The summed E-state index contributed by atoms with van der Waals surface area (Å²) in [5.41, 5.74) is 3.05. The van der Waals surface area contributed by atoms with Crippen molar-refractivity contribution in [3.63, 3.8) is 0 Å².